The number of hydrogen-bond donors (Lipinski definition) is 1. The minimum atomic E-state index is -0.0924. The van der Waals surface area contributed by atoms with Crippen molar-refractivity contribution in [3.63, 3.8) is 0 Å². The summed E-state index contributed by atoms with van der Waals surface area (Å²) in [7, 11) is 0. The van der Waals surface area contributed by atoms with E-state index in [1.54, 1.807) is 11.0 Å². The Balaban J connectivity index is 1.41. The van der Waals surface area contributed by atoms with Crippen molar-refractivity contribution in [3.05, 3.63) is 36.2 Å². The summed E-state index contributed by atoms with van der Waals surface area (Å²) in [5.41, 5.74) is 2.37. The number of thiazole rings is 1. The molecule has 1 fully saturated rings. The van der Waals surface area contributed by atoms with Crippen LogP contribution in [0.5, 0.6) is 5.75 Å². The van der Waals surface area contributed by atoms with Gasteiger partial charge in [0.25, 0.3) is 5.91 Å². The van der Waals surface area contributed by atoms with Crippen molar-refractivity contribution in [1.82, 2.24) is 4.98 Å². The molecule has 2 heterocycles. The summed E-state index contributed by atoms with van der Waals surface area (Å²) in [5.74, 6) is 1.53. The Morgan fingerprint density at radius 3 is 2.91 bits per heavy atom. The van der Waals surface area contributed by atoms with Crippen LogP contribution in [0.15, 0.2) is 36.2 Å². The minimum absolute atomic E-state index is 0.0353. The zero-order valence-electron chi connectivity index (χ0n) is 18.6. The SMILES string of the molecule is C=CCN1C(=O)COc2ccc(-c3csc(NC(=O)C4CCC(CCCC)CC4)n3)cc21. The van der Waals surface area contributed by atoms with Crippen molar-refractivity contribution in [1.29, 1.82) is 0 Å². The zero-order valence-corrected chi connectivity index (χ0v) is 19.5. The van der Waals surface area contributed by atoms with Crippen molar-refractivity contribution in [2.75, 3.05) is 23.4 Å². The predicted octanol–water partition coefficient (Wildman–Crippen LogP) is 5.66. The molecule has 1 aliphatic carbocycles. The molecule has 0 spiro atoms. The number of amides is 2. The highest BCUT2D eigenvalue weighted by atomic mass is 32.1. The lowest BCUT2D eigenvalue weighted by Crippen LogP contribution is -2.38. The first kappa shape index (κ1) is 22.5. The standard InChI is InChI=1S/C25H31N3O3S/c1-3-5-6-17-7-9-18(10-8-17)24(30)27-25-26-20(16-32-25)19-11-12-22-21(14-19)28(13-4-2)23(29)15-31-22/h4,11-12,14,16-18H,2-3,5-10,13,15H2,1H3,(H,26,27,30). The van der Waals surface area contributed by atoms with Crippen LogP contribution in [-0.2, 0) is 9.59 Å². The van der Waals surface area contributed by atoms with E-state index >= 15 is 0 Å². The fraction of sp³-hybridized carbons (Fsp3) is 0.480. The summed E-state index contributed by atoms with van der Waals surface area (Å²) >= 11 is 1.43. The summed E-state index contributed by atoms with van der Waals surface area (Å²) < 4.78 is 5.56. The molecule has 0 radical (unpaired) electrons. The highest BCUT2D eigenvalue weighted by molar-refractivity contribution is 7.14. The number of carbonyl (C=O) groups is 2. The molecular weight excluding hydrogens is 422 g/mol. The van der Waals surface area contributed by atoms with Crippen molar-refractivity contribution >= 4 is 34.0 Å². The third kappa shape index (κ3) is 5.04. The average Bonchev–Trinajstić information content (AvgIpc) is 3.28. The second-order valence-electron chi connectivity index (χ2n) is 8.65. The van der Waals surface area contributed by atoms with Gasteiger partial charge in [-0.05, 0) is 49.8 Å². The van der Waals surface area contributed by atoms with E-state index in [4.69, 9.17) is 4.74 Å². The van der Waals surface area contributed by atoms with Crippen molar-refractivity contribution < 1.29 is 14.3 Å². The number of unbranched alkanes of at least 4 members (excludes halogenated alkanes) is 1. The maximum Gasteiger partial charge on any atom is 0.265 e. The van der Waals surface area contributed by atoms with Crippen LogP contribution in [0.1, 0.15) is 51.9 Å². The molecule has 170 valence electrons. The van der Waals surface area contributed by atoms with Crippen LogP contribution in [0.4, 0.5) is 10.8 Å². The normalized spacial score (nSPS) is 20.4. The van der Waals surface area contributed by atoms with E-state index in [1.807, 2.05) is 23.6 Å². The Bertz CT molecular complexity index is 979. The Labute approximate surface area is 193 Å². The molecule has 1 aromatic carbocycles. The second kappa shape index (κ2) is 10.3. The quantitative estimate of drug-likeness (QED) is 0.524. The predicted molar refractivity (Wildman–Crippen MR) is 129 cm³/mol. The van der Waals surface area contributed by atoms with Gasteiger partial charge in [-0.25, -0.2) is 4.98 Å². The first-order valence-corrected chi connectivity index (χ1v) is 12.4. The summed E-state index contributed by atoms with van der Waals surface area (Å²) in [6.45, 7) is 6.44. The van der Waals surface area contributed by atoms with Gasteiger partial charge in [0.2, 0.25) is 5.91 Å². The maximum atomic E-state index is 12.8. The molecular formula is C25H31N3O3S. The Morgan fingerprint density at radius 1 is 1.34 bits per heavy atom. The minimum Gasteiger partial charge on any atom is -0.482 e. The lowest BCUT2D eigenvalue weighted by Gasteiger charge is -2.28. The summed E-state index contributed by atoms with van der Waals surface area (Å²) in [4.78, 5) is 31.3. The largest absolute Gasteiger partial charge is 0.482 e. The number of fused-ring (bicyclic) bond motifs is 1. The number of carbonyl (C=O) groups excluding carboxylic acids is 2. The third-order valence-electron chi connectivity index (χ3n) is 6.43. The molecule has 7 heteroatoms. The van der Waals surface area contributed by atoms with Gasteiger partial charge in [0.05, 0.1) is 11.4 Å². The van der Waals surface area contributed by atoms with E-state index in [0.29, 0.717) is 17.4 Å². The van der Waals surface area contributed by atoms with Crippen LogP contribution in [-0.4, -0.2) is 29.9 Å². The smallest absolute Gasteiger partial charge is 0.265 e. The lowest BCUT2D eigenvalue weighted by molar-refractivity contribution is -0.121. The molecule has 1 saturated carbocycles. The summed E-state index contributed by atoms with van der Waals surface area (Å²) in [5, 5.41) is 5.57. The van der Waals surface area contributed by atoms with Crippen LogP contribution >= 0.6 is 11.3 Å². The molecule has 1 aromatic heterocycles. The molecule has 2 aliphatic rings. The van der Waals surface area contributed by atoms with E-state index in [2.05, 4.69) is 23.8 Å². The number of nitrogens with one attached hydrogen (secondary N) is 1. The van der Waals surface area contributed by atoms with Gasteiger partial charge in [-0.1, -0.05) is 32.3 Å². The van der Waals surface area contributed by atoms with Crippen molar-refractivity contribution in [2.24, 2.45) is 11.8 Å². The van der Waals surface area contributed by atoms with E-state index in [1.165, 1.54) is 30.6 Å². The van der Waals surface area contributed by atoms with Gasteiger partial charge in [-0.15, -0.1) is 17.9 Å². The number of benzene rings is 1. The molecule has 0 unspecified atom stereocenters. The number of hydrogen-bond acceptors (Lipinski definition) is 5. The topological polar surface area (TPSA) is 71.5 Å². The second-order valence-corrected chi connectivity index (χ2v) is 9.51. The van der Waals surface area contributed by atoms with Gasteiger partial charge in [0.15, 0.2) is 11.7 Å². The number of anilines is 2. The Morgan fingerprint density at radius 2 is 2.16 bits per heavy atom. The van der Waals surface area contributed by atoms with Crippen LogP contribution in [0.3, 0.4) is 0 Å². The van der Waals surface area contributed by atoms with Crippen molar-refractivity contribution in [2.45, 2.75) is 51.9 Å². The molecule has 2 amide bonds. The molecule has 32 heavy (non-hydrogen) atoms. The van der Waals surface area contributed by atoms with Gasteiger partial charge >= 0.3 is 0 Å². The van der Waals surface area contributed by atoms with Crippen molar-refractivity contribution in [3.8, 4) is 17.0 Å². The molecule has 2 aromatic rings. The Hall–Kier alpha value is -2.67. The fourth-order valence-corrected chi connectivity index (χ4v) is 5.29. The number of aromatic nitrogens is 1. The molecule has 0 saturated heterocycles. The summed E-state index contributed by atoms with van der Waals surface area (Å²) in [6.07, 6.45) is 9.77. The van der Waals surface area contributed by atoms with Gasteiger partial charge in [0.1, 0.15) is 5.75 Å². The zero-order chi connectivity index (χ0) is 22.5. The summed E-state index contributed by atoms with van der Waals surface area (Å²) in [6, 6.07) is 5.70. The fourth-order valence-electron chi connectivity index (χ4n) is 4.57. The van der Waals surface area contributed by atoms with Gasteiger partial charge in [0, 0.05) is 23.4 Å². The number of ether oxygens (including phenoxy) is 1. The van der Waals surface area contributed by atoms with Gasteiger partial charge in [-0.2, -0.15) is 0 Å². The molecule has 0 bridgehead atoms. The number of rotatable bonds is 8. The molecule has 0 atom stereocenters. The van der Waals surface area contributed by atoms with Gasteiger partial charge < -0.3 is 15.0 Å². The maximum absolute atomic E-state index is 12.8. The van der Waals surface area contributed by atoms with Crippen LogP contribution < -0.4 is 15.0 Å². The highest BCUT2D eigenvalue weighted by Gasteiger charge is 2.27. The molecule has 6 nitrogen and oxygen atoms in total. The molecule has 4 rings (SSSR count). The van der Waals surface area contributed by atoms with Crippen LogP contribution in [0.25, 0.3) is 11.3 Å². The molecule has 1 N–H and O–H groups in total. The first-order chi connectivity index (χ1) is 15.6. The van der Waals surface area contributed by atoms with Crippen LogP contribution in [0.2, 0.25) is 0 Å². The average molecular weight is 454 g/mol. The third-order valence-corrected chi connectivity index (χ3v) is 7.18. The van der Waals surface area contributed by atoms with E-state index < -0.39 is 0 Å². The first-order valence-electron chi connectivity index (χ1n) is 11.5. The van der Waals surface area contributed by atoms with Crippen LogP contribution in [0, 0.1) is 11.8 Å². The van der Waals surface area contributed by atoms with E-state index in [-0.39, 0.29) is 24.3 Å². The van der Waals surface area contributed by atoms with E-state index in [0.717, 1.165) is 48.5 Å². The van der Waals surface area contributed by atoms with Gasteiger partial charge in [-0.3, -0.25) is 9.59 Å². The Kier molecular flexibility index (Phi) is 7.25. The van der Waals surface area contributed by atoms with E-state index in [9.17, 15) is 9.59 Å². The number of nitrogens with zero attached hydrogens (tertiary/aromatic N) is 2. The monoisotopic (exact) mass is 453 g/mol. The molecule has 1 aliphatic heterocycles. The lowest BCUT2D eigenvalue weighted by atomic mass is 9.79. The highest BCUT2D eigenvalue weighted by Crippen LogP contribution is 2.37.